The Kier molecular flexibility index (Phi) is 9.74. The second kappa shape index (κ2) is 12.8. The lowest BCUT2D eigenvalue weighted by molar-refractivity contribution is -0.102. The SMILES string of the molecule is CC1=C(N(/N=C(\C)C=O)c2ccc(F)cc2)c2cc(NC(=O)c3cccnc3Cl)ccc2N(S(C)(=O)=O)C1.CN. The molecule has 0 atom stereocenters. The highest BCUT2D eigenvalue weighted by Gasteiger charge is 2.32. The molecule has 1 aliphatic rings. The van der Waals surface area contributed by atoms with Crippen LogP contribution in [0.5, 0.6) is 0 Å². The predicted octanol–water partition coefficient (Wildman–Crippen LogP) is 4.29. The number of hydrogen-bond donors (Lipinski definition) is 2. The third kappa shape index (κ3) is 6.71. The van der Waals surface area contributed by atoms with Crippen molar-refractivity contribution in [3.63, 3.8) is 0 Å². The van der Waals surface area contributed by atoms with Crippen LogP contribution in [0.2, 0.25) is 5.15 Å². The number of carbonyl (C=O) groups is 2. The summed E-state index contributed by atoms with van der Waals surface area (Å²) >= 11 is 6.07. The van der Waals surface area contributed by atoms with Gasteiger partial charge in [0.1, 0.15) is 11.0 Å². The van der Waals surface area contributed by atoms with Gasteiger partial charge >= 0.3 is 0 Å². The molecule has 2 aromatic carbocycles. The topological polar surface area (TPSA) is 138 Å². The number of rotatable bonds is 7. The molecule has 0 bridgehead atoms. The van der Waals surface area contributed by atoms with E-state index >= 15 is 0 Å². The standard InChI is InChI=1S/C26H23ClFN5O4S.CH5N/c1-16-14-32(38(3,36)37)23-11-8-19(30-26(35)21-5-4-12-29-25(21)27)13-22(23)24(16)33(31-17(2)15-34)20-9-6-18(28)7-10-20;1-2/h4-13,15H,14H2,1-3H3,(H,30,35);2H2,1H3/b31-17+;. The van der Waals surface area contributed by atoms with Crippen molar-refractivity contribution in [1.82, 2.24) is 4.98 Å². The Morgan fingerprint density at radius 3 is 2.48 bits per heavy atom. The van der Waals surface area contributed by atoms with Crippen molar-refractivity contribution in [2.45, 2.75) is 13.8 Å². The lowest BCUT2D eigenvalue weighted by atomic mass is 9.99. The fraction of sp³-hybridized carbons (Fsp3) is 0.185. The maximum Gasteiger partial charge on any atom is 0.258 e. The molecule has 3 aromatic rings. The van der Waals surface area contributed by atoms with Crippen molar-refractivity contribution in [3.05, 3.63) is 88.5 Å². The van der Waals surface area contributed by atoms with E-state index in [-0.39, 0.29) is 23.0 Å². The molecule has 0 saturated carbocycles. The van der Waals surface area contributed by atoms with Crippen molar-refractivity contribution in [1.29, 1.82) is 0 Å². The van der Waals surface area contributed by atoms with Crippen LogP contribution >= 0.6 is 11.6 Å². The minimum Gasteiger partial charge on any atom is -0.333 e. The highest BCUT2D eigenvalue weighted by Crippen LogP contribution is 2.41. The van der Waals surface area contributed by atoms with Crippen LogP contribution in [0.25, 0.3) is 5.70 Å². The zero-order valence-corrected chi connectivity index (χ0v) is 23.8. The van der Waals surface area contributed by atoms with Gasteiger partial charge in [-0.2, -0.15) is 5.10 Å². The maximum atomic E-state index is 13.7. The summed E-state index contributed by atoms with van der Waals surface area (Å²) in [5.74, 6) is -0.965. The number of fused-ring (bicyclic) bond motifs is 1. The lowest BCUT2D eigenvalue weighted by Gasteiger charge is -2.35. The number of amides is 1. The van der Waals surface area contributed by atoms with E-state index in [0.717, 1.165) is 6.26 Å². The van der Waals surface area contributed by atoms with Crippen molar-refractivity contribution >= 4 is 62.3 Å². The number of pyridine rings is 1. The number of hydrazone groups is 1. The Labute approximate surface area is 237 Å². The molecule has 0 aliphatic carbocycles. The summed E-state index contributed by atoms with van der Waals surface area (Å²) in [5.41, 5.74) is 7.43. The molecular weight excluding hydrogens is 559 g/mol. The highest BCUT2D eigenvalue weighted by molar-refractivity contribution is 7.92. The number of nitrogens with zero attached hydrogens (tertiary/aromatic N) is 4. The summed E-state index contributed by atoms with van der Waals surface area (Å²) in [6.45, 7) is 3.27. The summed E-state index contributed by atoms with van der Waals surface area (Å²) in [4.78, 5) is 28.3. The first-order chi connectivity index (χ1) is 19.0. The van der Waals surface area contributed by atoms with Crippen LogP contribution in [-0.4, -0.2) is 51.2 Å². The number of benzene rings is 2. The number of hydrogen-bond acceptors (Lipinski definition) is 8. The maximum absolute atomic E-state index is 13.7. The Hall–Kier alpha value is -4.13. The molecule has 1 amide bonds. The van der Waals surface area contributed by atoms with E-state index in [9.17, 15) is 22.4 Å². The molecule has 0 unspecified atom stereocenters. The molecule has 2 heterocycles. The number of nitrogens with two attached hydrogens (primary N) is 1. The van der Waals surface area contributed by atoms with Gasteiger partial charge < -0.3 is 11.1 Å². The number of halogens is 2. The van der Waals surface area contributed by atoms with Crippen LogP contribution in [0.15, 0.2) is 71.5 Å². The molecule has 40 heavy (non-hydrogen) atoms. The van der Waals surface area contributed by atoms with Crippen LogP contribution < -0.4 is 20.4 Å². The number of nitrogens with one attached hydrogen (secondary N) is 1. The van der Waals surface area contributed by atoms with Gasteiger partial charge in [-0.3, -0.25) is 13.9 Å². The van der Waals surface area contributed by atoms with E-state index in [4.69, 9.17) is 11.6 Å². The first kappa shape index (κ1) is 30.4. The monoisotopic (exact) mass is 586 g/mol. The van der Waals surface area contributed by atoms with Gasteiger partial charge in [-0.1, -0.05) is 11.6 Å². The fourth-order valence-corrected chi connectivity index (χ4v) is 5.12. The van der Waals surface area contributed by atoms with Gasteiger partial charge in [0, 0.05) is 17.4 Å². The minimum atomic E-state index is -3.68. The van der Waals surface area contributed by atoms with Gasteiger partial charge in [-0.05, 0) is 81.1 Å². The molecule has 0 fully saturated rings. The molecule has 1 aliphatic heterocycles. The van der Waals surface area contributed by atoms with Gasteiger partial charge in [0.25, 0.3) is 5.91 Å². The molecule has 0 spiro atoms. The fourth-order valence-electron chi connectivity index (χ4n) is 3.97. The average molecular weight is 587 g/mol. The number of aromatic nitrogens is 1. The van der Waals surface area contributed by atoms with Crippen LogP contribution in [0.4, 0.5) is 21.5 Å². The van der Waals surface area contributed by atoms with Gasteiger partial charge in [0.2, 0.25) is 10.0 Å². The van der Waals surface area contributed by atoms with Crippen LogP contribution in [0, 0.1) is 5.82 Å². The molecule has 0 saturated heterocycles. The van der Waals surface area contributed by atoms with E-state index < -0.39 is 21.7 Å². The van der Waals surface area contributed by atoms with E-state index in [2.05, 4.69) is 21.1 Å². The van der Waals surface area contributed by atoms with E-state index in [1.807, 2.05) is 0 Å². The van der Waals surface area contributed by atoms with Crippen LogP contribution in [0.3, 0.4) is 0 Å². The largest absolute Gasteiger partial charge is 0.333 e. The first-order valence-corrected chi connectivity index (χ1v) is 14.1. The Morgan fingerprint density at radius 2 is 1.88 bits per heavy atom. The lowest BCUT2D eigenvalue weighted by Crippen LogP contribution is -2.37. The van der Waals surface area contributed by atoms with E-state index in [1.54, 1.807) is 31.2 Å². The number of carbonyl (C=O) groups excluding carboxylic acids is 2. The molecule has 0 radical (unpaired) electrons. The van der Waals surface area contributed by atoms with Gasteiger partial charge in [-0.15, -0.1) is 0 Å². The van der Waals surface area contributed by atoms with E-state index in [1.165, 1.54) is 59.8 Å². The number of anilines is 3. The average Bonchev–Trinajstić information content (AvgIpc) is 2.93. The summed E-state index contributed by atoms with van der Waals surface area (Å²) in [6.07, 6.45) is 3.14. The minimum absolute atomic E-state index is 0.0194. The van der Waals surface area contributed by atoms with Crippen LogP contribution in [-0.2, 0) is 14.8 Å². The summed E-state index contributed by atoms with van der Waals surface area (Å²) in [7, 11) is -2.18. The third-order valence-electron chi connectivity index (χ3n) is 5.68. The molecular formula is C27H28ClFN6O4S. The third-order valence-corrected chi connectivity index (χ3v) is 7.11. The van der Waals surface area contributed by atoms with Gasteiger partial charge in [0.05, 0.1) is 41.1 Å². The van der Waals surface area contributed by atoms with Crippen molar-refractivity contribution in [2.24, 2.45) is 10.8 Å². The number of aldehydes is 1. The predicted molar refractivity (Wildman–Crippen MR) is 157 cm³/mol. The highest BCUT2D eigenvalue weighted by atomic mass is 35.5. The normalized spacial score (nSPS) is 13.2. The zero-order valence-electron chi connectivity index (χ0n) is 22.2. The molecule has 1 aromatic heterocycles. The zero-order chi connectivity index (χ0) is 29.6. The Morgan fingerprint density at radius 1 is 1.20 bits per heavy atom. The smallest absolute Gasteiger partial charge is 0.258 e. The van der Waals surface area contributed by atoms with Crippen molar-refractivity contribution in [3.8, 4) is 0 Å². The molecule has 210 valence electrons. The summed E-state index contributed by atoms with van der Waals surface area (Å²) in [5, 5.41) is 8.68. The first-order valence-electron chi connectivity index (χ1n) is 11.9. The van der Waals surface area contributed by atoms with Gasteiger partial charge in [-0.25, -0.2) is 22.8 Å². The second-order valence-corrected chi connectivity index (χ2v) is 10.8. The Bertz CT molecular complexity index is 1590. The van der Waals surface area contributed by atoms with Crippen molar-refractivity contribution < 1.29 is 22.4 Å². The molecule has 4 rings (SSSR count). The second-order valence-electron chi connectivity index (χ2n) is 8.57. The quantitative estimate of drug-likeness (QED) is 0.182. The van der Waals surface area contributed by atoms with Crippen molar-refractivity contribution in [2.75, 3.05) is 34.5 Å². The molecule has 13 heteroatoms. The van der Waals surface area contributed by atoms with Gasteiger partial charge in [0.15, 0.2) is 6.29 Å². The molecule has 3 N–H and O–H groups in total. The summed E-state index contributed by atoms with van der Waals surface area (Å²) in [6, 6.07) is 13.4. The number of sulfonamides is 1. The van der Waals surface area contributed by atoms with E-state index in [0.29, 0.717) is 40.2 Å². The molecule has 10 nitrogen and oxygen atoms in total. The Balaban J connectivity index is 0.00000216. The summed E-state index contributed by atoms with van der Waals surface area (Å²) < 4.78 is 40.3. The van der Waals surface area contributed by atoms with Crippen LogP contribution in [0.1, 0.15) is 29.8 Å².